The summed E-state index contributed by atoms with van der Waals surface area (Å²) in [5, 5.41) is 3.02. The molecule has 0 bridgehead atoms. The summed E-state index contributed by atoms with van der Waals surface area (Å²) in [5.41, 5.74) is 0.666. The number of hydrogen-bond acceptors (Lipinski definition) is 5. The minimum atomic E-state index is -0.275. The quantitative estimate of drug-likeness (QED) is 0.688. The van der Waals surface area contributed by atoms with Crippen LogP contribution in [-0.4, -0.2) is 24.7 Å². The molecule has 1 aromatic rings. The van der Waals surface area contributed by atoms with Crippen LogP contribution in [0.25, 0.3) is 0 Å². The van der Waals surface area contributed by atoms with E-state index in [2.05, 4.69) is 23.6 Å². The maximum atomic E-state index is 11.1. The summed E-state index contributed by atoms with van der Waals surface area (Å²) in [6.07, 6.45) is 2.81. The summed E-state index contributed by atoms with van der Waals surface area (Å²) in [5.74, 6) is -0.198. The first-order chi connectivity index (χ1) is 9.11. The minimum absolute atomic E-state index is 0.198. The molecule has 0 saturated carbocycles. The molecule has 0 N–H and O–H groups in total. The van der Waals surface area contributed by atoms with Crippen LogP contribution in [0.3, 0.4) is 0 Å². The first-order valence-electron chi connectivity index (χ1n) is 6.77. The zero-order chi connectivity index (χ0) is 14.3. The summed E-state index contributed by atoms with van der Waals surface area (Å²) in [4.78, 5) is 15.8. The Morgan fingerprint density at radius 2 is 2.05 bits per heavy atom. The zero-order valence-corrected chi connectivity index (χ0v) is 13.0. The fourth-order valence-electron chi connectivity index (χ4n) is 2.06. The van der Waals surface area contributed by atoms with E-state index < -0.39 is 0 Å². The van der Waals surface area contributed by atoms with Gasteiger partial charge >= 0.3 is 5.97 Å². The van der Waals surface area contributed by atoms with Crippen LogP contribution in [0.4, 0.5) is 0 Å². The van der Waals surface area contributed by atoms with Gasteiger partial charge in [0.2, 0.25) is 0 Å². The Morgan fingerprint density at radius 3 is 2.58 bits per heavy atom. The van der Waals surface area contributed by atoms with Crippen LogP contribution in [0.5, 0.6) is 0 Å². The maximum Gasteiger partial charge on any atom is 0.305 e. The molecule has 1 aromatic heterocycles. The molecule has 0 saturated heterocycles. The van der Waals surface area contributed by atoms with Crippen molar-refractivity contribution < 1.29 is 14.3 Å². The Hall–Kier alpha value is -0.940. The van der Waals surface area contributed by atoms with Gasteiger partial charge in [-0.15, -0.1) is 11.3 Å². The lowest BCUT2D eigenvalue weighted by molar-refractivity contribution is -0.140. The smallest absolute Gasteiger partial charge is 0.305 e. The second-order valence-corrected chi connectivity index (χ2v) is 5.21. The van der Waals surface area contributed by atoms with Gasteiger partial charge in [-0.3, -0.25) is 4.79 Å². The van der Waals surface area contributed by atoms with Crippen molar-refractivity contribution in [3.05, 3.63) is 16.1 Å². The number of aryl methyl sites for hydroxylation is 1. The number of thiazole rings is 1. The van der Waals surface area contributed by atoms with Crippen LogP contribution in [0.1, 0.15) is 50.7 Å². The molecule has 4 nitrogen and oxygen atoms in total. The number of nitrogens with zero attached hydrogens (tertiary/aromatic N) is 1. The number of rotatable bonds is 8. The fourth-order valence-corrected chi connectivity index (χ4v) is 3.21. The van der Waals surface area contributed by atoms with Crippen LogP contribution in [0, 0.1) is 0 Å². The van der Waals surface area contributed by atoms with Gasteiger partial charge in [-0.2, -0.15) is 0 Å². The van der Waals surface area contributed by atoms with E-state index >= 15 is 0 Å². The van der Waals surface area contributed by atoms with E-state index in [0.717, 1.165) is 23.5 Å². The second-order valence-electron chi connectivity index (χ2n) is 4.35. The number of carbonyl (C=O) groups excluding carboxylic acids is 1. The molecule has 0 aliphatic carbocycles. The van der Waals surface area contributed by atoms with Crippen molar-refractivity contribution in [1.82, 2.24) is 4.98 Å². The largest absolute Gasteiger partial charge is 0.469 e. The Morgan fingerprint density at radius 1 is 1.37 bits per heavy atom. The molecule has 19 heavy (non-hydrogen) atoms. The summed E-state index contributed by atoms with van der Waals surface area (Å²) < 4.78 is 10.6. The van der Waals surface area contributed by atoms with Gasteiger partial charge in [0.05, 0.1) is 19.2 Å². The molecule has 0 spiro atoms. The van der Waals surface area contributed by atoms with Gasteiger partial charge in [0.15, 0.2) is 0 Å². The summed E-state index contributed by atoms with van der Waals surface area (Å²) in [6.45, 7) is 6.92. The van der Waals surface area contributed by atoms with Gasteiger partial charge in [0.1, 0.15) is 10.6 Å². The van der Waals surface area contributed by atoms with Crippen LogP contribution in [0.15, 0.2) is 5.38 Å². The lowest BCUT2D eigenvalue weighted by Gasteiger charge is -2.29. The number of esters is 1. The summed E-state index contributed by atoms with van der Waals surface area (Å²) in [6, 6.07) is 0. The fraction of sp³-hybridized carbons (Fsp3) is 0.714. The summed E-state index contributed by atoms with van der Waals surface area (Å²) in [7, 11) is 1.41. The standard InChI is InChI=1S/C14H23NO3S/c1-5-14(6-2,18-7-3)13-15-11(10-19-13)8-9-12(16)17-4/h10H,5-9H2,1-4H3. The maximum absolute atomic E-state index is 11.1. The van der Waals surface area contributed by atoms with Gasteiger partial charge in [0.25, 0.3) is 0 Å². The van der Waals surface area contributed by atoms with Crippen molar-refractivity contribution in [2.45, 2.75) is 52.1 Å². The van der Waals surface area contributed by atoms with Crippen molar-refractivity contribution in [2.24, 2.45) is 0 Å². The monoisotopic (exact) mass is 285 g/mol. The molecule has 0 fully saturated rings. The SMILES string of the molecule is CCOC(CC)(CC)c1nc(CCC(=O)OC)cs1. The Balaban J connectivity index is 2.78. The third-order valence-corrected chi connectivity index (χ3v) is 4.39. The van der Waals surface area contributed by atoms with Crippen LogP contribution < -0.4 is 0 Å². The third kappa shape index (κ3) is 4.01. The van der Waals surface area contributed by atoms with Crippen molar-refractivity contribution >= 4 is 17.3 Å². The van der Waals surface area contributed by atoms with Crippen molar-refractivity contribution in [3.63, 3.8) is 0 Å². The first-order valence-corrected chi connectivity index (χ1v) is 7.65. The predicted octanol–water partition coefficient (Wildman–Crippen LogP) is 3.30. The van der Waals surface area contributed by atoms with Gasteiger partial charge in [0, 0.05) is 18.4 Å². The van der Waals surface area contributed by atoms with E-state index in [0.29, 0.717) is 19.4 Å². The molecule has 0 aromatic carbocycles. The number of ether oxygens (including phenoxy) is 2. The Kier molecular flexibility index (Phi) is 6.45. The highest BCUT2D eigenvalue weighted by molar-refractivity contribution is 7.09. The van der Waals surface area contributed by atoms with E-state index in [4.69, 9.17) is 4.74 Å². The number of methoxy groups -OCH3 is 1. The molecular weight excluding hydrogens is 262 g/mol. The van der Waals surface area contributed by atoms with E-state index in [9.17, 15) is 4.79 Å². The van der Waals surface area contributed by atoms with Crippen LogP contribution in [-0.2, 0) is 26.3 Å². The van der Waals surface area contributed by atoms with Gasteiger partial charge in [-0.05, 0) is 19.8 Å². The topological polar surface area (TPSA) is 48.4 Å². The van der Waals surface area contributed by atoms with Crippen molar-refractivity contribution in [2.75, 3.05) is 13.7 Å². The lowest BCUT2D eigenvalue weighted by atomic mass is 9.98. The molecule has 1 rings (SSSR count). The zero-order valence-electron chi connectivity index (χ0n) is 12.2. The highest BCUT2D eigenvalue weighted by Gasteiger charge is 2.32. The van der Waals surface area contributed by atoms with Crippen LogP contribution >= 0.6 is 11.3 Å². The molecule has 0 aliphatic heterocycles. The molecule has 0 aliphatic rings. The summed E-state index contributed by atoms with van der Waals surface area (Å²) >= 11 is 1.62. The molecule has 0 amide bonds. The van der Waals surface area contributed by atoms with Crippen molar-refractivity contribution in [1.29, 1.82) is 0 Å². The molecule has 0 atom stereocenters. The third-order valence-electron chi connectivity index (χ3n) is 3.32. The molecule has 0 radical (unpaired) electrons. The van der Waals surface area contributed by atoms with Crippen molar-refractivity contribution in [3.8, 4) is 0 Å². The van der Waals surface area contributed by atoms with E-state index in [1.165, 1.54) is 7.11 Å². The average molecular weight is 285 g/mol. The van der Waals surface area contributed by atoms with Gasteiger partial charge < -0.3 is 9.47 Å². The lowest BCUT2D eigenvalue weighted by Crippen LogP contribution is -2.28. The normalized spacial score (nSPS) is 11.6. The molecule has 1 heterocycles. The Bertz CT molecular complexity index is 399. The number of hydrogen-bond donors (Lipinski definition) is 0. The predicted molar refractivity (Wildman–Crippen MR) is 76.3 cm³/mol. The second kappa shape index (κ2) is 7.60. The molecule has 108 valence electrons. The highest BCUT2D eigenvalue weighted by Crippen LogP contribution is 2.35. The number of carbonyl (C=O) groups is 1. The number of aromatic nitrogens is 1. The van der Waals surface area contributed by atoms with Crippen LogP contribution in [0.2, 0.25) is 0 Å². The van der Waals surface area contributed by atoms with E-state index in [1.807, 2.05) is 12.3 Å². The van der Waals surface area contributed by atoms with E-state index in [1.54, 1.807) is 11.3 Å². The highest BCUT2D eigenvalue weighted by atomic mass is 32.1. The molecule has 5 heteroatoms. The minimum Gasteiger partial charge on any atom is -0.469 e. The Labute approximate surface area is 119 Å². The average Bonchev–Trinajstić information content (AvgIpc) is 2.91. The molecular formula is C14H23NO3S. The van der Waals surface area contributed by atoms with Gasteiger partial charge in [-0.25, -0.2) is 4.98 Å². The first kappa shape index (κ1) is 16.1. The van der Waals surface area contributed by atoms with Gasteiger partial charge in [-0.1, -0.05) is 13.8 Å². The molecule has 0 unspecified atom stereocenters. The van der Waals surface area contributed by atoms with E-state index in [-0.39, 0.29) is 11.6 Å².